The van der Waals surface area contributed by atoms with Crippen LogP contribution in [0.3, 0.4) is 0 Å². The maximum atomic E-state index is 13.9. The molecule has 100 valence electrons. The van der Waals surface area contributed by atoms with Gasteiger partial charge >= 0.3 is 0 Å². The monoisotopic (exact) mass is 345 g/mol. The molecular formula is C14H11BrClF2N. The second kappa shape index (κ2) is 5.57. The van der Waals surface area contributed by atoms with Gasteiger partial charge in [0.1, 0.15) is 0 Å². The van der Waals surface area contributed by atoms with Crippen LogP contribution in [0.4, 0.5) is 8.78 Å². The molecule has 0 bridgehead atoms. The van der Waals surface area contributed by atoms with Crippen LogP contribution in [-0.4, -0.2) is 0 Å². The summed E-state index contributed by atoms with van der Waals surface area (Å²) in [7, 11) is 0. The number of rotatable bonds is 2. The molecule has 0 saturated heterocycles. The molecule has 0 aliphatic carbocycles. The van der Waals surface area contributed by atoms with E-state index >= 15 is 0 Å². The molecule has 0 aromatic heterocycles. The van der Waals surface area contributed by atoms with Crippen molar-refractivity contribution in [1.29, 1.82) is 0 Å². The van der Waals surface area contributed by atoms with Crippen LogP contribution < -0.4 is 5.73 Å². The Morgan fingerprint density at radius 3 is 2.47 bits per heavy atom. The van der Waals surface area contributed by atoms with Crippen LogP contribution >= 0.6 is 27.5 Å². The summed E-state index contributed by atoms with van der Waals surface area (Å²) in [5.41, 5.74) is 6.97. The Morgan fingerprint density at radius 1 is 1.11 bits per heavy atom. The molecule has 0 spiro atoms. The van der Waals surface area contributed by atoms with Crippen LogP contribution in [0.1, 0.15) is 22.7 Å². The Kier molecular flexibility index (Phi) is 4.23. The molecule has 0 saturated carbocycles. The number of hydrogen-bond donors (Lipinski definition) is 1. The van der Waals surface area contributed by atoms with E-state index in [0.29, 0.717) is 15.1 Å². The molecule has 1 atom stereocenters. The summed E-state index contributed by atoms with van der Waals surface area (Å²) in [4.78, 5) is 0. The van der Waals surface area contributed by atoms with Crippen molar-refractivity contribution in [1.82, 2.24) is 0 Å². The molecule has 1 nitrogen and oxygen atoms in total. The van der Waals surface area contributed by atoms with Crippen molar-refractivity contribution in [3.05, 3.63) is 68.2 Å². The third-order valence-electron chi connectivity index (χ3n) is 2.93. The second-order valence-electron chi connectivity index (χ2n) is 4.24. The third-order valence-corrected chi connectivity index (χ3v) is 3.89. The number of aryl methyl sites for hydroxylation is 1. The van der Waals surface area contributed by atoms with Gasteiger partial charge in [-0.1, -0.05) is 39.7 Å². The Bertz CT molecular complexity index is 631. The highest BCUT2D eigenvalue weighted by atomic mass is 79.9. The summed E-state index contributed by atoms with van der Waals surface area (Å²) in [6, 6.07) is 7.25. The minimum Gasteiger partial charge on any atom is -0.320 e. The lowest BCUT2D eigenvalue weighted by atomic mass is 9.98. The standard InChI is InChI=1S/C14H11BrClF2N/c1-7-2-4-9(13(18)12(7)17)14(19)10-6-8(16)3-5-11(10)15/h2-6,14H,19H2,1H3. The van der Waals surface area contributed by atoms with Gasteiger partial charge in [-0.05, 0) is 36.2 Å². The van der Waals surface area contributed by atoms with Crippen LogP contribution in [0, 0.1) is 18.6 Å². The molecule has 2 N–H and O–H groups in total. The maximum Gasteiger partial charge on any atom is 0.164 e. The summed E-state index contributed by atoms with van der Waals surface area (Å²) >= 11 is 9.23. The number of benzene rings is 2. The lowest BCUT2D eigenvalue weighted by Crippen LogP contribution is -2.15. The lowest BCUT2D eigenvalue weighted by molar-refractivity contribution is 0.489. The fourth-order valence-electron chi connectivity index (χ4n) is 1.82. The first-order valence-electron chi connectivity index (χ1n) is 5.57. The zero-order valence-electron chi connectivity index (χ0n) is 10.1. The predicted octanol–water partition coefficient (Wildman–Crippen LogP) is 4.74. The fraction of sp³-hybridized carbons (Fsp3) is 0.143. The van der Waals surface area contributed by atoms with Crippen LogP contribution in [0.15, 0.2) is 34.8 Å². The van der Waals surface area contributed by atoms with Gasteiger partial charge in [0.05, 0.1) is 6.04 Å². The molecule has 0 radical (unpaired) electrons. The van der Waals surface area contributed by atoms with Gasteiger partial charge in [-0.25, -0.2) is 8.78 Å². The van der Waals surface area contributed by atoms with Crippen molar-refractivity contribution in [2.45, 2.75) is 13.0 Å². The first-order chi connectivity index (χ1) is 8.91. The topological polar surface area (TPSA) is 26.0 Å². The predicted molar refractivity (Wildman–Crippen MR) is 76.3 cm³/mol. The van der Waals surface area contributed by atoms with Gasteiger partial charge in [-0.2, -0.15) is 0 Å². The molecule has 2 aromatic rings. The largest absolute Gasteiger partial charge is 0.320 e. The molecule has 2 rings (SSSR count). The second-order valence-corrected chi connectivity index (χ2v) is 5.53. The molecule has 2 aromatic carbocycles. The van der Waals surface area contributed by atoms with Crippen molar-refractivity contribution in [3.63, 3.8) is 0 Å². The van der Waals surface area contributed by atoms with E-state index in [4.69, 9.17) is 17.3 Å². The number of halogens is 4. The highest BCUT2D eigenvalue weighted by Gasteiger charge is 2.20. The van der Waals surface area contributed by atoms with Crippen molar-refractivity contribution < 1.29 is 8.78 Å². The van der Waals surface area contributed by atoms with E-state index in [9.17, 15) is 8.78 Å². The van der Waals surface area contributed by atoms with Gasteiger partial charge < -0.3 is 5.73 Å². The van der Waals surface area contributed by atoms with Gasteiger partial charge in [0, 0.05) is 15.1 Å². The van der Waals surface area contributed by atoms with Crippen LogP contribution in [0.5, 0.6) is 0 Å². The van der Waals surface area contributed by atoms with E-state index < -0.39 is 17.7 Å². The molecule has 5 heteroatoms. The molecule has 1 unspecified atom stereocenters. The van der Waals surface area contributed by atoms with E-state index in [2.05, 4.69) is 15.9 Å². The van der Waals surface area contributed by atoms with Gasteiger partial charge in [0.25, 0.3) is 0 Å². The molecule has 0 amide bonds. The van der Waals surface area contributed by atoms with Crippen molar-refractivity contribution >= 4 is 27.5 Å². The number of nitrogens with two attached hydrogens (primary N) is 1. The van der Waals surface area contributed by atoms with Crippen LogP contribution in [0.25, 0.3) is 0 Å². The van der Waals surface area contributed by atoms with Gasteiger partial charge in [0.15, 0.2) is 11.6 Å². The minimum absolute atomic E-state index is 0.103. The summed E-state index contributed by atoms with van der Waals surface area (Å²) in [5, 5.41) is 0.488. The third kappa shape index (κ3) is 2.81. The first-order valence-corrected chi connectivity index (χ1v) is 6.74. The highest BCUT2D eigenvalue weighted by molar-refractivity contribution is 9.10. The smallest absolute Gasteiger partial charge is 0.164 e. The Labute approximate surface area is 123 Å². The summed E-state index contributed by atoms with van der Waals surface area (Å²) in [6.45, 7) is 1.50. The molecule has 0 aliphatic rings. The molecule has 0 aliphatic heterocycles. The van der Waals surface area contributed by atoms with Crippen molar-refractivity contribution in [2.75, 3.05) is 0 Å². The lowest BCUT2D eigenvalue weighted by Gasteiger charge is -2.16. The Morgan fingerprint density at radius 2 is 1.79 bits per heavy atom. The minimum atomic E-state index is -0.917. The van der Waals surface area contributed by atoms with E-state index in [0.717, 1.165) is 0 Å². The van der Waals surface area contributed by atoms with Crippen LogP contribution in [-0.2, 0) is 0 Å². The molecular weight excluding hydrogens is 336 g/mol. The fourth-order valence-corrected chi connectivity index (χ4v) is 2.50. The summed E-state index contributed by atoms with van der Waals surface area (Å²) in [5.74, 6) is -1.79. The Hall–Kier alpha value is -0.970. The zero-order valence-corrected chi connectivity index (χ0v) is 12.4. The quantitative estimate of drug-likeness (QED) is 0.835. The van der Waals surface area contributed by atoms with Gasteiger partial charge in [-0.15, -0.1) is 0 Å². The van der Waals surface area contributed by atoms with E-state index in [1.165, 1.54) is 19.1 Å². The Balaban J connectivity index is 2.53. The molecule has 0 heterocycles. The van der Waals surface area contributed by atoms with E-state index in [1.807, 2.05) is 0 Å². The average molecular weight is 347 g/mol. The van der Waals surface area contributed by atoms with E-state index in [1.54, 1.807) is 18.2 Å². The van der Waals surface area contributed by atoms with Gasteiger partial charge in [-0.3, -0.25) is 0 Å². The first kappa shape index (κ1) is 14.4. The maximum absolute atomic E-state index is 13.9. The zero-order chi connectivity index (χ0) is 14.2. The summed E-state index contributed by atoms with van der Waals surface area (Å²) in [6.07, 6.45) is 0. The van der Waals surface area contributed by atoms with Crippen molar-refractivity contribution in [3.8, 4) is 0 Å². The van der Waals surface area contributed by atoms with E-state index in [-0.39, 0.29) is 11.1 Å². The van der Waals surface area contributed by atoms with Crippen molar-refractivity contribution in [2.24, 2.45) is 5.73 Å². The van der Waals surface area contributed by atoms with Gasteiger partial charge in [0.2, 0.25) is 0 Å². The normalized spacial score (nSPS) is 12.5. The SMILES string of the molecule is Cc1ccc(C(N)c2cc(Cl)ccc2Br)c(F)c1F. The average Bonchev–Trinajstić information content (AvgIpc) is 2.38. The molecule has 19 heavy (non-hydrogen) atoms. The number of hydrogen-bond acceptors (Lipinski definition) is 1. The highest BCUT2D eigenvalue weighted by Crippen LogP contribution is 2.31. The molecule has 0 fully saturated rings. The summed E-state index contributed by atoms with van der Waals surface area (Å²) < 4.78 is 28.2. The van der Waals surface area contributed by atoms with Crippen LogP contribution in [0.2, 0.25) is 5.02 Å².